The number of rotatable bonds is 7. The zero-order valence-corrected chi connectivity index (χ0v) is 18.1. The SMILES string of the molecule is CN(Cc1cncc(F)c1)C(=O)c1ccc(C[C@@H]2CC[C@H](C(O)c3ccccc3)N2)cc1. The van der Waals surface area contributed by atoms with Crippen molar-refractivity contribution in [3.8, 4) is 0 Å². The molecule has 0 radical (unpaired) electrons. The standard InChI is InChI=1S/C26H28FN3O2/c1-30(17-19-13-22(27)16-28-15-19)26(32)21-9-7-18(8-10-21)14-23-11-12-24(29-23)25(31)20-5-3-2-4-6-20/h2-10,13,15-16,23-25,29,31H,11-12,14,17H2,1H3/t23-,24+,25?/m0/s1. The molecule has 1 amide bonds. The normalized spacial score (nSPS) is 19.0. The van der Waals surface area contributed by atoms with Crippen LogP contribution < -0.4 is 5.32 Å². The lowest BCUT2D eigenvalue weighted by Gasteiger charge is -2.20. The zero-order chi connectivity index (χ0) is 22.5. The van der Waals surface area contributed by atoms with E-state index >= 15 is 0 Å². The number of pyridine rings is 1. The summed E-state index contributed by atoms with van der Waals surface area (Å²) in [7, 11) is 1.70. The highest BCUT2D eigenvalue weighted by atomic mass is 19.1. The van der Waals surface area contributed by atoms with E-state index in [1.807, 2.05) is 54.6 Å². The second-order valence-electron chi connectivity index (χ2n) is 8.48. The Hall–Kier alpha value is -3.09. The minimum atomic E-state index is -0.509. The molecule has 2 heterocycles. The Kier molecular flexibility index (Phi) is 6.93. The molecule has 1 saturated heterocycles. The second kappa shape index (κ2) is 10.0. The molecule has 2 aromatic carbocycles. The fourth-order valence-corrected chi connectivity index (χ4v) is 4.32. The van der Waals surface area contributed by atoms with Crippen molar-refractivity contribution < 1.29 is 14.3 Å². The number of benzene rings is 2. The Balaban J connectivity index is 1.31. The minimum Gasteiger partial charge on any atom is -0.387 e. The number of hydrogen-bond acceptors (Lipinski definition) is 4. The number of aromatic nitrogens is 1. The van der Waals surface area contributed by atoms with Gasteiger partial charge in [-0.2, -0.15) is 0 Å². The summed E-state index contributed by atoms with van der Waals surface area (Å²) in [6.07, 6.45) is 4.97. The van der Waals surface area contributed by atoms with E-state index in [0.29, 0.717) is 23.7 Å². The van der Waals surface area contributed by atoms with Gasteiger partial charge in [0, 0.05) is 37.4 Å². The van der Waals surface area contributed by atoms with Crippen LogP contribution in [0.4, 0.5) is 4.39 Å². The highest BCUT2D eigenvalue weighted by molar-refractivity contribution is 5.94. The van der Waals surface area contributed by atoms with Gasteiger partial charge in [0.1, 0.15) is 5.82 Å². The largest absolute Gasteiger partial charge is 0.387 e. The van der Waals surface area contributed by atoms with Crippen LogP contribution in [0, 0.1) is 5.82 Å². The van der Waals surface area contributed by atoms with Crippen molar-refractivity contribution in [2.24, 2.45) is 0 Å². The van der Waals surface area contributed by atoms with E-state index in [9.17, 15) is 14.3 Å². The smallest absolute Gasteiger partial charge is 0.253 e. The van der Waals surface area contributed by atoms with E-state index in [1.165, 1.54) is 6.07 Å². The summed E-state index contributed by atoms with van der Waals surface area (Å²) >= 11 is 0. The second-order valence-corrected chi connectivity index (χ2v) is 8.48. The van der Waals surface area contributed by atoms with E-state index < -0.39 is 11.9 Å². The van der Waals surface area contributed by atoms with Crippen LogP contribution in [0.25, 0.3) is 0 Å². The first-order chi connectivity index (χ1) is 15.5. The third-order valence-corrected chi connectivity index (χ3v) is 6.01. The number of carbonyl (C=O) groups is 1. The monoisotopic (exact) mass is 433 g/mol. The first kappa shape index (κ1) is 22.1. The molecule has 166 valence electrons. The highest BCUT2D eigenvalue weighted by Crippen LogP contribution is 2.26. The van der Waals surface area contributed by atoms with Crippen molar-refractivity contribution in [3.05, 3.63) is 101 Å². The molecule has 0 aliphatic carbocycles. The topological polar surface area (TPSA) is 65.5 Å². The van der Waals surface area contributed by atoms with E-state index in [0.717, 1.165) is 36.6 Å². The van der Waals surface area contributed by atoms with Gasteiger partial charge in [0.25, 0.3) is 5.91 Å². The number of nitrogens with zero attached hydrogens (tertiary/aromatic N) is 2. The van der Waals surface area contributed by atoms with E-state index in [4.69, 9.17) is 0 Å². The third kappa shape index (κ3) is 5.39. The molecular weight excluding hydrogens is 405 g/mol. The number of nitrogens with one attached hydrogen (secondary N) is 1. The average Bonchev–Trinajstić information content (AvgIpc) is 3.27. The molecule has 1 fully saturated rings. The van der Waals surface area contributed by atoms with Gasteiger partial charge in [0.05, 0.1) is 12.3 Å². The molecule has 1 aromatic heterocycles. The van der Waals surface area contributed by atoms with Crippen molar-refractivity contribution >= 4 is 5.91 Å². The van der Waals surface area contributed by atoms with Gasteiger partial charge in [-0.25, -0.2) is 4.39 Å². The third-order valence-electron chi connectivity index (χ3n) is 6.01. The minimum absolute atomic E-state index is 0.0502. The lowest BCUT2D eigenvalue weighted by Crippen LogP contribution is -2.35. The number of hydrogen-bond donors (Lipinski definition) is 2. The molecule has 1 unspecified atom stereocenters. The van der Waals surface area contributed by atoms with Crippen LogP contribution in [0.5, 0.6) is 0 Å². The molecule has 4 rings (SSSR count). The summed E-state index contributed by atoms with van der Waals surface area (Å²) < 4.78 is 13.3. The van der Waals surface area contributed by atoms with E-state index in [2.05, 4.69) is 10.3 Å². The van der Waals surface area contributed by atoms with Gasteiger partial charge in [-0.3, -0.25) is 9.78 Å². The van der Waals surface area contributed by atoms with Crippen molar-refractivity contribution in [1.29, 1.82) is 0 Å². The number of amides is 1. The Bertz CT molecular complexity index is 1040. The maximum atomic E-state index is 13.3. The molecule has 2 N–H and O–H groups in total. The average molecular weight is 434 g/mol. The molecule has 0 bridgehead atoms. The number of aliphatic hydroxyl groups excluding tert-OH is 1. The van der Waals surface area contributed by atoms with Crippen molar-refractivity contribution in [2.75, 3.05) is 7.05 Å². The Morgan fingerprint density at radius 2 is 1.88 bits per heavy atom. The van der Waals surface area contributed by atoms with Crippen LogP contribution in [-0.2, 0) is 13.0 Å². The van der Waals surface area contributed by atoms with Crippen LogP contribution in [-0.4, -0.2) is 40.0 Å². The first-order valence-corrected chi connectivity index (χ1v) is 10.9. The van der Waals surface area contributed by atoms with Crippen LogP contribution in [0.2, 0.25) is 0 Å². The van der Waals surface area contributed by atoms with E-state index in [1.54, 1.807) is 18.1 Å². The molecule has 1 aliphatic heterocycles. The first-order valence-electron chi connectivity index (χ1n) is 10.9. The molecule has 5 nitrogen and oxygen atoms in total. The van der Waals surface area contributed by atoms with Gasteiger partial charge < -0.3 is 15.3 Å². The molecule has 1 aliphatic rings. The van der Waals surface area contributed by atoms with Crippen LogP contribution in [0.15, 0.2) is 73.1 Å². The van der Waals surface area contributed by atoms with Gasteiger partial charge in [-0.15, -0.1) is 0 Å². The number of halogens is 1. The van der Waals surface area contributed by atoms with Crippen LogP contribution in [0.3, 0.4) is 0 Å². The summed E-state index contributed by atoms with van der Waals surface area (Å²) in [5.74, 6) is -0.530. The quantitative estimate of drug-likeness (QED) is 0.593. The maximum Gasteiger partial charge on any atom is 0.253 e. The lowest BCUT2D eigenvalue weighted by atomic mass is 10.0. The highest BCUT2D eigenvalue weighted by Gasteiger charge is 2.29. The number of carbonyl (C=O) groups excluding carboxylic acids is 1. The Morgan fingerprint density at radius 1 is 1.12 bits per heavy atom. The fraction of sp³-hybridized carbons (Fsp3) is 0.308. The summed E-state index contributed by atoms with van der Waals surface area (Å²) in [4.78, 5) is 18.1. The van der Waals surface area contributed by atoms with Gasteiger partial charge in [0.2, 0.25) is 0 Å². The Labute approximate surface area is 187 Å². The van der Waals surface area contributed by atoms with Gasteiger partial charge in [0.15, 0.2) is 0 Å². The molecule has 3 aromatic rings. The lowest BCUT2D eigenvalue weighted by molar-refractivity contribution is 0.0785. The predicted octanol–water partition coefficient (Wildman–Crippen LogP) is 3.89. The van der Waals surface area contributed by atoms with Crippen LogP contribution in [0.1, 0.15) is 46.0 Å². The van der Waals surface area contributed by atoms with Crippen LogP contribution >= 0.6 is 0 Å². The molecule has 3 atom stereocenters. The molecule has 32 heavy (non-hydrogen) atoms. The van der Waals surface area contributed by atoms with Crippen molar-refractivity contribution in [3.63, 3.8) is 0 Å². The predicted molar refractivity (Wildman–Crippen MR) is 121 cm³/mol. The number of aliphatic hydroxyl groups is 1. The molecule has 6 heteroatoms. The Morgan fingerprint density at radius 3 is 2.59 bits per heavy atom. The van der Waals surface area contributed by atoms with Gasteiger partial charge >= 0.3 is 0 Å². The van der Waals surface area contributed by atoms with E-state index in [-0.39, 0.29) is 11.9 Å². The summed E-state index contributed by atoms with van der Waals surface area (Å²) in [6.45, 7) is 0.294. The molecule has 0 spiro atoms. The van der Waals surface area contributed by atoms with Crippen molar-refractivity contribution in [2.45, 2.75) is 44.0 Å². The molecular formula is C26H28FN3O2. The summed E-state index contributed by atoms with van der Waals surface area (Å²) in [5.41, 5.74) is 3.33. The summed E-state index contributed by atoms with van der Waals surface area (Å²) in [6, 6.07) is 19.1. The van der Waals surface area contributed by atoms with Gasteiger partial charge in [-0.05, 0) is 54.2 Å². The fourth-order valence-electron chi connectivity index (χ4n) is 4.32. The summed E-state index contributed by atoms with van der Waals surface area (Å²) in [5, 5.41) is 14.2. The molecule has 0 saturated carbocycles. The maximum absolute atomic E-state index is 13.3. The van der Waals surface area contributed by atoms with Gasteiger partial charge in [-0.1, -0.05) is 42.5 Å². The van der Waals surface area contributed by atoms with Crippen molar-refractivity contribution in [1.82, 2.24) is 15.2 Å². The zero-order valence-electron chi connectivity index (χ0n) is 18.1.